The van der Waals surface area contributed by atoms with E-state index in [2.05, 4.69) is 10.2 Å². The van der Waals surface area contributed by atoms with E-state index in [0.29, 0.717) is 43.4 Å². The second-order valence-electron chi connectivity index (χ2n) is 5.75. The van der Waals surface area contributed by atoms with Crippen LogP contribution in [0.3, 0.4) is 0 Å². The molecule has 2 rings (SSSR count). The first-order valence-electron chi connectivity index (χ1n) is 7.62. The fourth-order valence-corrected chi connectivity index (χ4v) is 3.07. The third-order valence-electron chi connectivity index (χ3n) is 3.94. The maximum absolute atomic E-state index is 12.3. The van der Waals surface area contributed by atoms with Crippen LogP contribution in [0.1, 0.15) is 11.1 Å². The number of anilines is 1. The van der Waals surface area contributed by atoms with Crippen molar-refractivity contribution >= 4 is 29.1 Å². The highest BCUT2D eigenvalue weighted by Gasteiger charge is 2.26. The van der Waals surface area contributed by atoms with Crippen LogP contribution in [0.4, 0.5) is 5.69 Å². The van der Waals surface area contributed by atoms with E-state index in [1.807, 2.05) is 19.9 Å². The molecule has 1 saturated heterocycles. The molecule has 0 saturated carbocycles. The van der Waals surface area contributed by atoms with Crippen LogP contribution in [0.25, 0.3) is 0 Å². The Morgan fingerprint density at radius 2 is 1.87 bits per heavy atom. The molecule has 7 heteroatoms. The lowest BCUT2D eigenvalue weighted by atomic mass is 10.1. The smallest absolute Gasteiger partial charge is 0.313 e. The number of β-amino-alcohol motifs (C(OH)–C–C–N with tert-alkyl or cyclic N) is 1. The second kappa shape index (κ2) is 7.77. The first kappa shape index (κ1) is 17.7. The zero-order valence-electron chi connectivity index (χ0n) is 13.4. The standard InChI is InChI=1S/C16H22ClN3O3/c1-11-9-12(2)14(13(17)10-11)18-15(22)16(23)20-5-3-19(4-6-20)7-8-21/h9-10,21H,3-8H2,1-2H3,(H,18,22). The number of nitrogens with one attached hydrogen (secondary N) is 1. The summed E-state index contributed by atoms with van der Waals surface area (Å²) in [6.45, 7) is 6.72. The van der Waals surface area contributed by atoms with Gasteiger partial charge in [0.2, 0.25) is 0 Å². The van der Waals surface area contributed by atoms with Gasteiger partial charge in [-0.05, 0) is 31.0 Å². The van der Waals surface area contributed by atoms with E-state index in [4.69, 9.17) is 16.7 Å². The fourth-order valence-electron chi connectivity index (χ4n) is 2.70. The summed E-state index contributed by atoms with van der Waals surface area (Å²) in [4.78, 5) is 28.0. The third kappa shape index (κ3) is 4.43. The Morgan fingerprint density at radius 3 is 2.43 bits per heavy atom. The van der Waals surface area contributed by atoms with Gasteiger partial charge in [-0.1, -0.05) is 17.7 Å². The Labute approximate surface area is 141 Å². The maximum atomic E-state index is 12.3. The number of piperazine rings is 1. The van der Waals surface area contributed by atoms with Gasteiger partial charge in [-0.15, -0.1) is 0 Å². The Morgan fingerprint density at radius 1 is 1.22 bits per heavy atom. The zero-order valence-corrected chi connectivity index (χ0v) is 14.2. The van der Waals surface area contributed by atoms with Gasteiger partial charge >= 0.3 is 11.8 Å². The Balaban J connectivity index is 1.98. The van der Waals surface area contributed by atoms with Gasteiger partial charge in [0, 0.05) is 32.7 Å². The highest BCUT2D eigenvalue weighted by Crippen LogP contribution is 2.27. The molecule has 2 amide bonds. The lowest BCUT2D eigenvalue weighted by Crippen LogP contribution is -2.52. The largest absolute Gasteiger partial charge is 0.395 e. The molecule has 1 aliphatic rings. The van der Waals surface area contributed by atoms with E-state index in [-0.39, 0.29) is 6.61 Å². The minimum atomic E-state index is -0.672. The van der Waals surface area contributed by atoms with Crippen molar-refractivity contribution in [1.82, 2.24) is 9.80 Å². The second-order valence-corrected chi connectivity index (χ2v) is 6.16. The van der Waals surface area contributed by atoms with Crippen LogP contribution in [0.2, 0.25) is 5.02 Å². The highest BCUT2D eigenvalue weighted by atomic mass is 35.5. The molecule has 0 aliphatic carbocycles. The van der Waals surface area contributed by atoms with Crippen LogP contribution >= 0.6 is 11.6 Å². The number of halogens is 1. The summed E-state index contributed by atoms with van der Waals surface area (Å²) < 4.78 is 0. The number of benzene rings is 1. The van der Waals surface area contributed by atoms with E-state index in [1.54, 1.807) is 6.07 Å². The van der Waals surface area contributed by atoms with E-state index in [9.17, 15) is 9.59 Å². The molecule has 2 N–H and O–H groups in total. The molecule has 1 aromatic rings. The minimum absolute atomic E-state index is 0.0969. The van der Waals surface area contributed by atoms with Crippen LogP contribution in [0.5, 0.6) is 0 Å². The molecule has 0 atom stereocenters. The fraction of sp³-hybridized carbons (Fsp3) is 0.500. The summed E-state index contributed by atoms with van der Waals surface area (Å²) in [6, 6.07) is 3.65. The number of aryl methyl sites for hydroxylation is 2. The van der Waals surface area contributed by atoms with Gasteiger partial charge in [0.1, 0.15) is 0 Å². The third-order valence-corrected chi connectivity index (χ3v) is 4.24. The van der Waals surface area contributed by atoms with Crippen molar-refractivity contribution in [2.45, 2.75) is 13.8 Å². The van der Waals surface area contributed by atoms with Crippen molar-refractivity contribution in [3.63, 3.8) is 0 Å². The molecule has 0 aromatic heterocycles. The molecule has 0 spiro atoms. The van der Waals surface area contributed by atoms with E-state index in [1.165, 1.54) is 4.90 Å². The summed E-state index contributed by atoms with van der Waals surface area (Å²) in [5.41, 5.74) is 2.30. The molecular weight excluding hydrogens is 318 g/mol. The number of carbonyl (C=O) groups is 2. The molecule has 1 fully saturated rings. The van der Waals surface area contributed by atoms with Crippen LogP contribution in [-0.4, -0.2) is 66.1 Å². The molecule has 6 nitrogen and oxygen atoms in total. The number of aliphatic hydroxyl groups excluding tert-OH is 1. The van der Waals surface area contributed by atoms with E-state index >= 15 is 0 Å². The molecule has 0 unspecified atom stereocenters. The number of hydrogen-bond donors (Lipinski definition) is 2. The molecule has 0 bridgehead atoms. The number of nitrogens with zero attached hydrogens (tertiary/aromatic N) is 2. The normalized spacial score (nSPS) is 15.6. The van der Waals surface area contributed by atoms with Crippen molar-refractivity contribution in [3.8, 4) is 0 Å². The van der Waals surface area contributed by atoms with Gasteiger partial charge in [-0.3, -0.25) is 14.5 Å². The van der Waals surface area contributed by atoms with E-state index < -0.39 is 11.8 Å². The first-order valence-corrected chi connectivity index (χ1v) is 8.00. The average Bonchev–Trinajstić information content (AvgIpc) is 2.51. The molecule has 1 aliphatic heterocycles. The van der Waals surface area contributed by atoms with Crippen LogP contribution < -0.4 is 5.32 Å². The van der Waals surface area contributed by atoms with Crippen molar-refractivity contribution in [2.75, 3.05) is 44.6 Å². The molecular formula is C16H22ClN3O3. The molecule has 1 aromatic carbocycles. The van der Waals surface area contributed by atoms with Gasteiger partial charge < -0.3 is 15.3 Å². The zero-order chi connectivity index (χ0) is 17.0. The number of amides is 2. The summed E-state index contributed by atoms with van der Waals surface area (Å²) in [6.07, 6.45) is 0. The summed E-state index contributed by atoms with van der Waals surface area (Å²) in [7, 11) is 0. The van der Waals surface area contributed by atoms with Gasteiger partial charge in [-0.2, -0.15) is 0 Å². The van der Waals surface area contributed by atoms with Crippen LogP contribution in [0.15, 0.2) is 12.1 Å². The quantitative estimate of drug-likeness (QED) is 0.807. The monoisotopic (exact) mass is 339 g/mol. The predicted octanol–water partition coefficient (Wildman–Crippen LogP) is 1.03. The van der Waals surface area contributed by atoms with Crippen LogP contribution in [-0.2, 0) is 9.59 Å². The minimum Gasteiger partial charge on any atom is -0.395 e. The number of rotatable bonds is 3. The number of aliphatic hydroxyl groups is 1. The summed E-state index contributed by atoms with van der Waals surface area (Å²) in [5, 5.41) is 12.0. The number of carbonyl (C=O) groups excluding carboxylic acids is 2. The lowest BCUT2D eigenvalue weighted by molar-refractivity contribution is -0.144. The van der Waals surface area contributed by atoms with Crippen molar-refractivity contribution in [1.29, 1.82) is 0 Å². The molecule has 23 heavy (non-hydrogen) atoms. The Kier molecular flexibility index (Phi) is 5.98. The topological polar surface area (TPSA) is 72.9 Å². The summed E-state index contributed by atoms with van der Waals surface area (Å²) >= 11 is 6.15. The van der Waals surface area contributed by atoms with Crippen molar-refractivity contribution in [2.24, 2.45) is 0 Å². The van der Waals surface area contributed by atoms with Gasteiger partial charge in [0.25, 0.3) is 0 Å². The van der Waals surface area contributed by atoms with Gasteiger partial charge in [0.05, 0.1) is 17.3 Å². The molecule has 126 valence electrons. The SMILES string of the molecule is Cc1cc(C)c(NC(=O)C(=O)N2CCN(CCO)CC2)c(Cl)c1. The van der Waals surface area contributed by atoms with E-state index in [0.717, 1.165) is 11.1 Å². The Bertz CT molecular complexity index is 575. The van der Waals surface area contributed by atoms with Gasteiger partial charge in [0.15, 0.2) is 0 Å². The Hall–Kier alpha value is -1.63. The predicted molar refractivity (Wildman–Crippen MR) is 89.7 cm³/mol. The highest BCUT2D eigenvalue weighted by molar-refractivity contribution is 6.41. The van der Waals surface area contributed by atoms with Crippen molar-refractivity contribution < 1.29 is 14.7 Å². The maximum Gasteiger partial charge on any atom is 0.313 e. The van der Waals surface area contributed by atoms with Crippen molar-refractivity contribution in [3.05, 3.63) is 28.3 Å². The van der Waals surface area contributed by atoms with Gasteiger partial charge in [-0.25, -0.2) is 0 Å². The first-order chi connectivity index (χ1) is 10.9. The molecule has 0 radical (unpaired) electrons. The summed E-state index contributed by atoms with van der Waals surface area (Å²) in [5.74, 6) is -1.22. The average molecular weight is 340 g/mol. The number of hydrogen-bond acceptors (Lipinski definition) is 4. The lowest BCUT2D eigenvalue weighted by Gasteiger charge is -2.33. The van der Waals surface area contributed by atoms with Crippen LogP contribution in [0, 0.1) is 13.8 Å². The molecule has 1 heterocycles.